The summed E-state index contributed by atoms with van der Waals surface area (Å²) < 4.78 is 0. The van der Waals surface area contributed by atoms with Crippen molar-refractivity contribution in [1.82, 2.24) is 0 Å². The molecule has 2 aliphatic rings. The molecule has 3 atom stereocenters. The number of allylic oxidation sites excluding steroid dienone is 2. The quantitative estimate of drug-likeness (QED) is 0.773. The van der Waals surface area contributed by atoms with E-state index in [1.807, 2.05) is 0 Å². The lowest BCUT2D eigenvalue weighted by atomic mass is 9.63. The molecule has 0 aromatic heterocycles. The Morgan fingerprint density at radius 3 is 2.60 bits per heavy atom. The second-order valence-corrected chi connectivity index (χ2v) is 7.25. The van der Waals surface area contributed by atoms with Crippen molar-refractivity contribution in [2.75, 3.05) is 0 Å². The number of rotatable bonds is 3. The van der Waals surface area contributed by atoms with Crippen LogP contribution in [0.25, 0.3) is 0 Å². The first-order chi connectivity index (χ1) is 9.50. The summed E-state index contributed by atoms with van der Waals surface area (Å²) in [5, 5.41) is 20.6. The van der Waals surface area contributed by atoms with Crippen LogP contribution in [0.1, 0.15) is 65.7 Å². The Bertz CT molecular complexity index is 398. The second kappa shape index (κ2) is 6.31. The van der Waals surface area contributed by atoms with Crippen LogP contribution in [0.4, 0.5) is 0 Å². The van der Waals surface area contributed by atoms with Gasteiger partial charge in [-0.1, -0.05) is 31.9 Å². The van der Waals surface area contributed by atoms with E-state index in [1.165, 1.54) is 12.0 Å². The first-order valence-electron chi connectivity index (χ1n) is 8.27. The molecular formula is C18H29NO. The third-order valence-corrected chi connectivity index (χ3v) is 5.64. The van der Waals surface area contributed by atoms with E-state index in [0.29, 0.717) is 5.92 Å². The number of aliphatic hydroxyl groups is 1. The van der Waals surface area contributed by atoms with Crippen LogP contribution in [-0.2, 0) is 0 Å². The lowest BCUT2D eigenvalue weighted by molar-refractivity contribution is -0.0224. The van der Waals surface area contributed by atoms with Crippen LogP contribution in [0, 0.1) is 34.5 Å². The van der Waals surface area contributed by atoms with Crippen LogP contribution in [0.15, 0.2) is 11.6 Å². The topological polar surface area (TPSA) is 44.0 Å². The maximum absolute atomic E-state index is 10.9. The van der Waals surface area contributed by atoms with Crippen molar-refractivity contribution in [3.63, 3.8) is 0 Å². The molecule has 1 N–H and O–H groups in total. The Hall–Kier alpha value is -0.810. The number of aliphatic hydroxyl groups excluding tert-OH is 1. The van der Waals surface area contributed by atoms with Crippen LogP contribution in [-0.4, -0.2) is 11.2 Å². The Kier molecular flexibility index (Phi) is 4.91. The predicted octanol–water partition coefficient (Wildman–Crippen LogP) is 4.45. The van der Waals surface area contributed by atoms with E-state index in [4.69, 9.17) is 0 Å². The van der Waals surface area contributed by atoms with E-state index < -0.39 is 11.5 Å². The number of nitriles is 1. The first kappa shape index (κ1) is 15.6. The van der Waals surface area contributed by atoms with Gasteiger partial charge in [-0.3, -0.25) is 0 Å². The van der Waals surface area contributed by atoms with Crippen LogP contribution in [0.5, 0.6) is 0 Å². The van der Waals surface area contributed by atoms with E-state index >= 15 is 0 Å². The largest absolute Gasteiger partial charge is 0.391 e. The van der Waals surface area contributed by atoms with Crippen molar-refractivity contribution in [1.29, 1.82) is 5.26 Å². The van der Waals surface area contributed by atoms with E-state index in [-0.39, 0.29) is 5.92 Å². The molecule has 2 aliphatic carbocycles. The monoisotopic (exact) mass is 275 g/mol. The van der Waals surface area contributed by atoms with E-state index in [1.54, 1.807) is 0 Å². The van der Waals surface area contributed by atoms with E-state index in [9.17, 15) is 10.4 Å². The molecule has 2 nitrogen and oxygen atoms in total. The minimum atomic E-state index is -0.478. The van der Waals surface area contributed by atoms with Gasteiger partial charge >= 0.3 is 0 Å². The maximum Gasteiger partial charge on any atom is 0.0835 e. The van der Waals surface area contributed by atoms with Gasteiger partial charge in [0.2, 0.25) is 0 Å². The average molecular weight is 275 g/mol. The van der Waals surface area contributed by atoms with Crippen molar-refractivity contribution in [2.45, 2.75) is 71.8 Å². The fourth-order valence-corrected chi connectivity index (χ4v) is 4.36. The summed E-state index contributed by atoms with van der Waals surface area (Å²) >= 11 is 0. The zero-order valence-electron chi connectivity index (χ0n) is 13.2. The molecule has 0 amide bonds. The molecule has 0 spiro atoms. The zero-order valence-corrected chi connectivity index (χ0v) is 13.2. The summed E-state index contributed by atoms with van der Waals surface area (Å²) in [4.78, 5) is 0. The summed E-state index contributed by atoms with van der Waals surface area (Å²) in [6.07, 6.45) is 9.06. The van der Waals surface area contributed by atoms with Crippen molar-refractivity contribution >= 4 is 0 Å². The smallest absolute Gasteiger partial charge is 0.0835 e. The Morgan fingerprint density at radius 1 is 1.45 bits per heavy atom. The van der Waals surface area contributed by atoms with Gasteiger partial charge < -0.3 is 5.11 Å². The summed E-state index contributed by atoms with van der Waals surface area (Å²) in [5.41, 5.74) is 0.899. The van der Waals surface area contributed by atoms with Gasteiger partial charge in [0.15, 0.2) is 0 Å². The Labute approximate surface area is 123 Å². The molecule has 2 heteroatoms. The van der Waals surface area contributed by atoms with E-state index in [2.05, 4.69) is 32.9 Å². The molecule has 0 radical (unpaired) electrons. The van der Waals surface area contributed by atoms with Gasteiger partial charge in [0.1, 0.15) is 0 Å². The van der Waals surface area contributed by atoms with E-state index in [0.717, 1.165) is 44.4 Å². The molecule has 0 aromatic rings. The summed E-state index contributed by atoms with van der Waals surface area (Å²) in [6.45, 7) is 6.61. The molecule has 20 heavy (non-hydrogen) atoms. The maximum atomic E-state index is 10.9. The SMILES string of the molecule is CCC1CCC(C#N)(C(O)C2CC(C)=CC(C)C2)CC1. The Balaban J connectivity index is 2.08. The van der Waals surface area contributed by atoms with Crippen molar-refractivity contribution in [3.05, 3.63) is 11.6 Å². The standard InChI is InChI=1S/C18H29NO/c1-4-15-5-7-18(12-19,8-6-15)17(20)16-10-13(2)9-14(3)11-16/h9,13,15-17,20H,4-8,10-11H2,1-3H3. The highest BCUT2D eigenvalue weighted by molar-refractivity contribution is 5.13. The highest BCUT2D eigenvalue weighted by Crippen LogP contribution is 2.46. The third-order valence-electron chi connectivity index (χ3n) is 5.64. The predicted molar refractivity (Wildman–Crippen MR) is 81.9 cm³/mol. The fraction of sp³-hybridized carbons (Fsp3) is 0.833. The fourth-order valence-electron chi connectivity index (χ4n) is 4.36. The molecule has 0 aromatic carbocycles. The van der Waals surface area contributed by atoms with Crippen molar-refractivity contribution in [3.8, 4) is 6.07 Å². The Morgan fingerprint density at radius 2 is 2.10 bits per heavy atom. The van der Waals surface area contributed by atoms with Gasteiger partial charge in [-0.25, -0.2) is 0 Å². The van der Waals surface area contributed by atoms with Gasteiger partial charge in [0, 0.05) is 0 Å². The molecule has 2 rings (SSSR count). The lowest BCUT2D eigenvalue weighted by Gasteiger charge is -2.42. The van der Waals surface area contributed by atoms with Gasteiger partial charge in [-0.05, 0) is 63.2 Å². The molecule has 3 unspecified atom stereocenters. The summed E-state index contributed by atoms with van der Waals surface area (Å²) in [5.74, 6) is 1.56. The van der Waals surface area contributed by atoms with Gasteiger partial charge in [-0.2, -0.15) is 5.26 Å². The molecule has 0 saturated heterocycles. The molecule has 0 aliphatic heterocycles. The highest BCUT2D eigenvalue weighted by atomic mass is 16.3. The molecule has 1 fully saturated rings. The van der Waals surface area contributed by atoms with Crippen molar-refractivity contribution < 1.29 is 5.11 Å². The first-order valence-corrected chi connectivity index (χ1v) is 8.27. The highest BCUT2D eigenvalue weighted by Gasteiger charge is 2.45. The second-order valence-electron chi connectivity index (χ2n) is 7.25. The zero-order chi connectivity index (χ0) is 14.8. The molecule has 0 bridgehead atoms. The summed E-state index contributed by atoms with van der Waals surface area (Å²) in [7, 11) is 0. The normalized spacial score (nSPS) is 39.8. The van der Waals surface area contributed by atoms with Crippen LogP contribution in [0.3, 0.4) is 0 Å². The van der Waals surface area contributed by atoms with Crippen LogP contribution >= 0.6 is 0 Å². The summed E-state index contributed by atoms with van der Waals surface area (Å²) in [6, 6.07) is 2.52. The molecule has 1 saturated carbocycles. The third kappa shape index (κ3) is 3.09. The van der Waals surface area contributed by atoms with Gasteiger partial charge in [0.25, 0.3) is 0 Å². The average Bonchev–Trinajstić information content (AvgIpc) is 2.45. The van der Waals surface area contributed by atoms with Crippen LogP contribution < -0.4 is 0 Å². The molecular weight excluding hydrogens is 246 g/mol. The minimum Gasteiger partial charge on any atom is -0.391 e. The van der Waals surface area contributed by atoms with Gasteiger partial charge in [0.05, 0.1) is 17.6 Å². The minimum absolute atomic E-state index is 0.271. The number of nitrogens with zero attached hydrogens (tertiary/aromatic N) is 1. The molecule has 0 heterocycles. The molecule has 112 valence electrons. The number of hydrogen-bond acceptors (Lipinski definition) is 2. The van der Waals surface area contributed by atoms with Gasteiger partial charge in [-0.15, -0.1) is 0 Å². The van der Waals surface area contributed by atoms with Crippen molar-refractivity contribution in [2.24, 2.45) is 23.2 Å². The lowest BCUT2D eigenvalue weighted by Crippen LogP contribution is -2.43. The number of hydrogen-bond donors (Lipinski definition) is 1. The van der Waals surface area contributed by atoms with Crippen LogP contribution in [0.2, 0.25) is 0 Å².